The molecule has 2 aromatic carbocycles. The van der Waals surface area contributed by atoms with E-state index in [9.17, 15) is 15.0 Å². The van der Waals surface area contributed by atoms with E-state index >= 15 is 0 Å². The van der Waals surface area contributed by atoms with Crippen LogP contribution in [0.15, 0.2) is 24.3 Å². The molecule has 0 bridgehead atoms. The zero-order chi connectivity index (χ0) is 17.0. The normalized spacial score (nSPS) is 12.7. The quantitative estimate of drug-likeness (QED) is 0.558. The molecule has 2 N–H and O–H groups in total. The maximum atomic E-state index is 12.9. The van der Waals surface area contributed by atoms with Crippen LogP contribution in [0.1, 0.15) is 15.9 Å². The lowest BCUT2D eigenvalue weighted by molar-refractivity contribution is 0.103. The summed E-state index contributed by atoms with van der Waals surface area (Å²) < 4.78 is 6.81. The van der Waals surface area contributed by atoms with Crippen LogP contribution in [-0.4, -0.2) is 39.5 Å². The second-order valence-electron chi connectivity index (χ2n) is 5.56. The molecule has 122 valence electrons. The Hall–Kier alpha value is -2.57. The number of phenols is 2. The zero-order valence-corrected chi connectivity index (χ0v) is 13.5. The van der Waals surface area contributed by atoms with Gasteiger partial charge >= 0.3 is 0 Å². The fourth-order valence-electron chi connectivity index (χ4n) is 3.17. The lowest BCUT2D eigenvalue weighted by Gasteiger charge is -2.17. The van der Waals surface area contributed by atoms with Crippen molar-refractivity contribution in [2.75, 3.05) is 13.7 Å². The highest BCUT2D eigenvalue weighted by molar-refractivity contribution is 6.39. The number of nitrogens with zero attached hydrogens (tertiary/aromatic N) is 2. The molecule has 1 heterocycles. The molecule has 0 aliphatic heterocycles. The molecule has 4 rings (SSSR count). The van der Waals surface area contributed by atoms with Crippen LogP contribution in [0.2, 0.25) is 5.02 Å². The molecule has 3 aromatic rings. The predicted molar refractivity (Wildman–Crippen MR) is 88.8 cm³/mol. The Bertz CT molecular complexity index is 1010. The highest BCUT2D eigenvalue weighted by Gasteiger charge is 2.34. The van der Waals surface area contributed by atoms with Crippen molar-refractivity contribution in [1.82, 2.24) is 9.78 Å². The Labute approximate surface area is 141 Å². The molecule has 0 amide bonds. The van der Waals surface area contributed by atoms with Crippen molar-refractivity contribution in [1.29, 1.82) is 0 Å². The van der Waals surface area contributed by atoms with Gasteiger partial charge in [0.2, 0.25) is 0 Å². The Kier molecular flexibility index (Phi) is 3.26. The number of ketones is 1. The molecule has 1 aromatic heterocycles. The van der Waals surface area contributed by atoms with Crippen molar-refractivity contribution in [2.45, 2.75) is 6.54 Å². The molecule has 0 radical (unpaired) electrons. The van der Waals surface area contributed by atoms with Gasteiger partial charge < -0.3 is 14.9 Å². The number of methoxy groups -OCH3 is 1. The second kappa shape index (κ2) is 5.22. The lowest BCUT2D eigenvalue weighted by atomic mass is 9.86. The van der Waals surface area contributed by atoms with Gasteiger partial charge in [0, 0.05) is 12.5 Å². The number of hydrogen-bond donors (Lipinski definition) is 2. The standard InChI is InChI=1S/C17H13ClN2O4/c1-24-7-6-20-9-3-2-8(18)12-13(9)16(19-20)14-10(21)4-5-11(22)15(14)17(12)23/h2-5,21-22H,6-7H2,1H3. The Morgan fingerprint density at radius 3 is 2.54 bits per heavy atom. The molecular weight excluding hydrogens is 332 g/mol. The Morgan fingerprint density at radius 1 is 1.12 bits per heavy atom. The van der Waals surface area contributed by atoms with Gasteiger partial charge in [-0.3, -0.25) is 9.48 Å². The van der Waals surface area contributed by atoms with Crippen molar-refractivity contribution >= 4 is 28.3 Å². The molecule has 0 saturated heterocycles. The summed E-state index contributed by atoms with van der Waals surface area (Å²) in [6.45, 7) is 0.929. The first-order valence-electron chi connectivity index (χ1n) is 7.32. The van der Waals surface area contributed by atoms with Crippen LogP contribution < -0.4 is 0 Å². The average Bonchev–Trinajstić information content (AvgIpc) is 2.92. The van der Waals surface area contributed by atoms with Gasteiger partial charge in [-0.05, 0) is 24.3 Å². The number of fused-ring (bicyclic) bond motifs is 2. The van der Waals surface area contributed by atoms with Gasteiger partial charge in [-0.15, -0.1) is 0 Å². The number of carbonyl (C=O) groups is 1. The summed E-state index contributed by atoms with van der Waals surface area (Å²) in [5.74, 6) is -0.745. The molecule has 1 aliphatic carbocycles. The van der Waals surface area contributed by atoms with E-state index in [2.05, 4.69) is 5.10 Å². The fourth-order valence-corrected chi connectivity index (χ4v) is 3.41. The van der Waals surface area contributed by atoms with Crippen molar-refractivity contribution in [3.05, 3.63) is 40.4 Å². The summed E-state index contributed by atoms with van der Waals surface area (Å²) in [4.78, 5) is 12.9. The van der Waals surface area contributed by atoms with Gasteiger partial charge in [0.05, 0.1) is 40.4 Å². The molecule has 6 nitrogen and oxygen atoms in total. The first-order chi connectivity index (χ1) is 11.5. The number of halogens is 1. The number of aromatic nitrogens is 2. The van der Waals surface area contributed by atoms with Crippen molar-refractivity contribution in [3.8, 4) is 22.8 Å². The average molecular weight is 345 g/mol. The van der Waals surface area contributed by atoms with E-state index in [1.54, 1.807) is 23.9 Å². The third-order valence-electron chi connectivity index (χ3n) is 4.23. The highest BCUT2D eigenvalue weighted by Crippen LogP contribution is 2.47. The molecule has 0 atom stereocenters. The number of aromatic hydroxyl groups is 2. The molecule has 0 fully saturated rings. The van der Waals surface area contributed by atoms with Crippen LogP contribution in [0.5, 0.6) is 11.5 Å². The summed E-state index contributed by atoms with van der Waals surface area (Å²) in [5.41, 5.74) is 1.70. The topological polar surface area (TPSA) is 84.6 Å². The zero-order valence-electron chi connectivity index (χ0n) is 12.7. The Morgan fingerprint density at radius 2 is 1.83 bits per heavy atom. The third-order valence-corrected chi connectivity index (χ3v) is 4.54. The highest BCUT2D eigenvalue weighted by atomic mass is 35.5. The number of hydrogen-bond acceptors (Lipinski definition) is 5. The second-order valence-corrected chi connectivity index (χ2v) is 5.97. The van der Waals surface area contributed by atoms with Gasteiger partial charge in [-0.25, -0.2) is 0 Å². The van der Waals surface area contributed by atoms with Gasteiger partial charge in [0.1, 0.15) is 17.2 Å². The van der Waals surface area contributed by atoms with Crippen LogP contribution in [0.4, 0.5) is 0 Å². The number of ether oxygens (including phenoxy) is 1. The predicted octanol–water partition coefficient (Wildman–Crippen LogP) is 2.96. The molecule has 7 heteroatoms. The van der Waals surface area contributed by atoms with Crippen LogP contribution in [0.25, 0.3) is 22.2 Å². The van der Waals surface area contributed by atoms with Crippen LogP contribution in [0, 0.1) is 0 Å². The first kappa shape index (κ1) is 15.0. The summed E-state index contributed by atoms with van der Waals surface area (Å²) >= 11 is 6.25. The minimum absolute atomic E-state index is 0.0221. The van der Waals surface area contributed by atoms with Crippen LogP contribution >= 0.6 is 11.6 Å². The minimum Gasteiger partial charge on any atom is -0.507 e. The molecule has 0 spiro atoms. The van der Waals surface area contributed by atoms with Gasteiger partial charge in [0.25, 0.3) is 0 Å². The molecule has 1 aliphatic rings. The molecular formula is C17H13ClN2O4. The first-order valence-corrected chi connectivity index (χ1v) is 7.70. The van der Waals surface area contributed by atoms with Gasteiger partial charge in [-0.1, -0.05) is 11.6 Å². The summed E-state index contributed by atoms with van der Waals surface area (Å²) in [6, 6.07) is 6.05. The molecule has 24 heavy (non-hydrogen) atoms. The SMILES string of the molecule is COCCn1nc2c3c(c(Cl)ccc31)C(=O)c1c(O)ccc(O)c1-2. The Balaban J connectivity index is 2.14. The smallest absolute Gasteiger partial charge is 0.199 e. The largest absolute Gasteiger partial charge is 0.507 e. The maximum Gasteiger partial charge on any atom is 0.199 e. The van der Waals surface area contributed by atoms with E-state index in [-0.39, 0.29) is 27.6 Å². The summed E-state index contributed by atoms with van der Waals surface area (Å²) in [7, 11) is 1.59. The number of carbonyl (C=O) groups excluding carboxylic acids is 1. The summed E-state index contributed by atoms with van der Waals surface area (Å²) in [5, 5.41) is 25.8. The number of benzene rings is 2. The van der Waals surface area contributed by atoms with Crippen molar-refractivity contribution < 1.29 is 19.7 Å². The van der Waals surface area contributed by atoms with E-state index in [0.717, 1.165) is 5.52 Å². The third kappa shape index (κ3) is 1.87. The number of phenolic OH excluding ortho intramolecular Hbond substituents is 2. The van der Waals surface area contributed by atoms with Crippen molar-refractivity contribution in [3.63, 3.8) is 0 Å². The summed E-state index contributed by atoms with van der Waals surface area (Å²) in [6.07, 6.45) is 0. The van der Waals surface area contributed by atoms with Gasteiger partial charge in [0.15, 0.2) is 5.78 Å². The fraction of sp³-hybridized carbons (Fsp3) is 0.176. The maximum absolute atomic E-state index is 12.9. The monoisotopic (exact) mass is 344 g/mol. The van der Waals surface area contributed by atoms with Crippen molar-refractivity contribution in [2.24, 2.45) is 0 Å². The van der Waals surface area contributed by atoms with Gasteiger partial charge in [-0.2, -0.15) is 5.10 Å². The van der Waals surface area contributed by atoms with Crippen LogP contribution in [0.3, 0.4) is 0 Å². The molecule has 0 unspecified atom stereocenters. The molecule has 0 saturated carbocycles. The minimum atomic E-state index is -0.423. The van der Waals surface area contributed by atoms with E-state index < -0.39 is 5.78 Å². The van der Waals surface area contributed by atoms with E-state index in [1.807, 2.05) is 0 Å². The number of rotatable bonds is 3. The van der Waals surface area contributed by atoms with E-state index in [1.165, 1.54) is 12.1 Å². The van der Waals surface area contributed by atoms with Crippen LogP contribution in [-0.2, 0) is 11.3 Å². The van der Waals surface area contributed by atoms with E-state index in [4.69, 9.17) is 16.3 Å². The lowest BCUT2D eigenvalue weighted by Crippen LogP contribution is -2.10. The van der Waals surface area contributed by atoms with E-state index in [0.29, 0.717) is 29.8 Å².